The van der Waals surface area contributed by atoms with E-state index in [1.54, 1.807) is 20.8 Å². The molecule has 2 aliphatic heterocycles. The zero-order valence-electron chi connectivity index (χ0n) is 15.9. The molecule has 1 aromatic carbocycles. The predicted molar refractivity (Wildman–Crippen MR) is 94.6 cm³/mol. The van der Waals surface area contributed by atoms with E-state index >= 15 is 0 Å². The number of ether oxygens (including phenoxy) is 1. The van der Waals surface area contributed by atoms with Crippen LogP contribution in [0.5, 0.6) is 0 Å². The zero-order valence-corrected chi connectivity index (χ0v) is 15.9. The minimum absolute atomic E-state index is 0.135. The van der Waals surface area contributed by atoms with Gasteiger partial charge in [-0.2, -0.15) is 13.2 Å². The summed E-state index contributed by atoms with van der Waals surface area (Å²) in [4.78, 5) is 28.3. The van der Waals surface area contributed by atoms with Crippen LogP contribution in [0.1, 0.15) is 32.8 Å². The van der Waals surface area contributed by atoms with Crippen LogP contribution >= 0.6 is 0 Å². The molecule has 2 saturated heterocycles. The topological polar surface area (TPSA) is 70.1 Å². The minimum atomic E-state index is -4.46. The Labute approximate surface area is 160 Å². The number of alkyl halides is 3. The SMILES string of the molecule is CC(C)(C)OC(=O)N1[C@@H]2C[C@@H](C(=O)N(c3ccc(C(F)(F)F)cc3)C2)[C@@H]1CO. The van der Waals surface area contributed by atoms with Crippen LogP contribution in [-0.2, 0) is 15.7 Å². The molecule has 28 heavy (non-hydrogen) atoms. The van der Waals surface area contributed by atoms with Gasteiger partial charge in [-0.3, -0.25) is 9.69 Å². The fourth-order valence-corrected chi connectivity index (χ4v) is 3.83. The van der Waals surface area contributed by atoms with Crippen LogP contribution in [-0.4, -0.2) is 52.8 Å². The number of fused-ring (bicyclic) bond motifs is 2. The van der Waals surface area contributed by atoms with Gasteiger partial charge in [0.15, 0.2) is 0 Å². The highest BCUT2D eigenvalue weighted by Crippen LogP contribution is 2.39. The normalized spacial score (nSPS) is 25.2. The molecular formula is C19H23F3N2O4. The molecule has 0 radical (unpaired) electrons. The summed E-state index contributed by atoms with van der Waals surface area (Å²) >= 11 is 0. The number of amides is 2. The lowest BCUT2D eigenvalue weighted by Crippen LogP contribution is -2.48. The van der Waals surface area contributed by atoms with Gasteiger partial charge in [0, 0.05) is 12.2 Å². The molecule has 2 fully saturated rings. The molecule has 2 heterocycles. The quantitative estimate of drug-likeness (QED) is 0.829. The molecule has 0 spiro atoms. The highest BCUT2D eigenvalue weighted by Gasteiger charge is 2.53. The van der Waals surface area contributed by atoms with Crippen molar-refractivity contribution in [2.45, 2.75) is 51.1 Å². The molecule has 2 aliphatic rings. The van der Waals surface area contributed by atoms with E-state index in [2.05, 4.69) is 0 Å². The Hall–Kier alpha value is -2.29. The number of hydrogen-bond acceptors (Lipinski definition) is 4. The van der Waals surface area contributed by atoms with Crippen molar-refractivity contribution >= 4 is 17.7 Å². The second-order valence-corrected chi connectivity index (χ2v) is 8.13. The number of likely N-dealkylation sites (tertiary alicyclic amines) is 1. The number of nitrogens with zero attached hydrogens (tertiary/aromatic N) is 2. The lowest BCUT2D eigenvalue weighted by molar-refractivity contribution is -0.137. The van der Waals surface area contributed by atoms with Crippen LogP contribution < -0.4 is 4.90 Å². The lowest BCUT2D eigenvalue weighted by Gasteiger charge is -2.33. The Morgan fingerprint density at radius 3 is 2.32 bits per heavy atom. The van der Waals surface area contributed by atoms with Gasteiger partial charge in [-0.05, 0) is 51.5 Å². The predicted octanol–water partition coefficient (Wildman–Crippen LogP) is 3.04. The van der Waals surface area contributed by atoms with Gasteiger partial charge in [0.05, 0.1) is 30.2 Å². The van der Waals surface area contributed by atoms with E-state index in [1.807, 2.05) is 0 Å². The molecule has 0 aliphatic carbocycles. The van der Waals surface area contributed by atoms with Gasteiger partial charge >= 0.3 is 12.3 Å². The number of halogens is 3. The maximum absolute atomic E-state index is 12.9. The molecule has 9 heteroatoms. The largest absolute Gasteiger partial charge is 0.444 e. The summed E-state index contributed by atoms with van der Waals surface area (Å²) in [5, 5.41) is 9.79. The first kappa shape index (κ1) is 20.4. The van der Waals surface area contributed by atoms with Gasteiger partial charge in [-0.25, -0.2) is 4.79 Å². The Balaban J connectivity index is 1.86. The molecular weight excluding hydrogens is 377 g/mol. The van der Waals surface area contributed by atoms with Crippen LogP contribution in [0.3, 0.4) is 0 Å². The number of benzene rings is 1. The lowest BCUT2D eigenvalue weighted by atomic mass is 9.93. The number of piperidine rings is 1. The van der Waals surface area contributed by atoms with E-state index < -0.39 is 42.0 Å². The fourth-order valence-electron chi connectivity index (χ4n) is 3.83. The molecule has 3 rings (SSSR count). The molecule has 154 valence electrons. The van der Waals surface area contributed by atoms with Crippen molar-refractivity contribution in [1.29, 1.82) is 0 Å². The van der Waals surface area contributed by atoms with E-state index in [0.29, 0.717) is 12.1 Å². The van der Waals surface area contributed by atoms with E-state index in [9.17, 15) is 27.9 Å². The Morgan fingerprint density at radius 2 is 1.82 bits per heavy atom. The molecule has 0 saturated carbocycles. The third-order valence-corrected chi connectivity index (χ3v) is 5.02. The van der Waals surface area contributed by atoms with Gasteiger partial charge in [0.25, 0.3) is 0 Å². The number of rotatable bonds is 2. The molecule has 3 atom stereocenters. The summed E-state index contributed by atoms with van der Waals surface area (Å²) in [7, 11) is 0. The van der Waals surface area contributed by atoms with Crippen LogP contribution in [0.25, 0.3) is 0 Å². The van der Waals surface area contributed by atoms with Crippen LogP contribution in [0, 0.1) is 5.92 Å². The van der Waals surface area contributed by atoms with Gasteiger partial charge in [0.2, 0.25) is 5.91 Å². The first-order valence-electron chi connectivity index (χ1n) is 9.03. The molecule has 0 aromatic heterocycles. The number of carbonyl (C=O) groups excluding carboxylic acids is 2. The Bertz CT molecular complexity index is 758. The van der Waals surface area contributed by atoms with E-state index in [-0.39, 0.29) is 18.5 Å². The van der Waals surface area contributed by atoms with Crippen molar-refractivity contribution in [2.24, 2.45) is 5.92 Å². The summed E-state index contributed by atoms with van der Waals surface area (Å²) in [5.74, 6) is -0.945. The number of aliphatic hydroxyl groups excluding tert-OH is 1. The highest BCUT2D eigenvalue weighted by atomic mass is 19.4. The second-order valence-electron chi connectivity index (χ2n) is 8.13. The summed E-state index contributed by atoms with van der Waals surface area (Å²) in [6.07, 6.45) is -4.68. The van der Waals surface area contributed by atoms with Crippen molar-refractivity contribution in [3.63, 3.8) is 0 Å². The van der Waals surface area contributed by atoms with Crippen molar-refractivity contribution in [2.75, 3.05) is 18.1 Å². The molecule has 1 aromatic rings. The van der Waals surface area contributed by atoms with Crippen LogP contribution in [0.4, 0.5) is 23.7 Å². The standard InChI is InChI=1S/C19H23F3N2O4/c1-18(2,3)28-17(27)24-13-8-14(15(24)10-25)16(26)23(9-13)12-6-4-11(5-7-12)19(20,21)22/h4-7,13-15,25H,8-10H2,1-3H3/t13-,14-,15+/m1/s1. The Kier molecular flexibility index (Phi) is 5.07. The Morgan fingerprint density at radius 1 is 1.21 bits per heavy atom. The first-order chi connectivity index (χ1) is 12.9. The summed E-state index contributed by atoms with van der Waals surface area (Å²) in [6, 6.07) is 3.25. The monoisotopic (exact) mass is 400 g/mol. The fraction of sp³-hybridized carbons (Fsp3) is 0.579. The summed E-state index contributed by atoms with van der Waals surface area (Å²) in [5.41, 5.74) is -1.20. The van der Waals surface area contributed by atoms with Crippen molar-refractivity contribution in [3.05, 3.63) is 29.8 Å². The van der Waals surface area contributed by atoms with Crippen LogP contribution in [0.15, 0.2) is 24.3 Å². The minimum Gasteiger partial charge on any atom is -0.444 e. The van der Waals surface area contributed by atoms with E-state index in [1.165, 1.54) is 21.9 Å². The van der Waals surface area contributed by atoms with Gasteiger partial charge in [0.1, 0.15) is 5.60 Å². The van der Waals surface area contributed by atoms with E-state index in [4.69, 9.17) is 4.74 Å². The number of hydrogen-bond donors (Lipinski definition) is 1. The number of anilines is 1. The van der Waals surface area contributed by atoms with Crippen molar-refractivity contribution in [1.82, 2.24) is 4.90 Å². The third-order valence-electron chi connectivity index (χ3n) is 5.02. The molecule has 6 nitrogen and oxygen atoms in total. The number of carbonyl (C=O) groups is 2. The summed E-state index contributed by atoms with van der Waals surface area (Å²) < 4.78 is 43.7. The number of aliphatic hydroxyl groups is 1. The third kappa shape index (κ3) is 3.80. The molecule has 2 amide bonds. The molecule has 0 unspecified atom stereocenters. The summed E-state index contributed by atoms with van der Waals surface area (Å²) in [6.45, 7) is 4.91. The van der Waals surface area contributed by atoms with Gasteiger partial charge in [-0.1, -0.05) is 0 Å². The average Bonchev–Trinajstić information content (AvgIpc) is 2.90. The van der Waals surface area contributed by atoms with Crippen LogP contribution in [0.2, 0.25) is 0 Å². The molecule has 2 bridgehead atoms. The molecule has 1 N–H and O–H groups in total. The smallest absolute Gasteiger partial charge is 0.416 e. The maximum Gasteiger partial charge on any atom is 0.416 e. The van der Waals surface area contributed by atoms with Gasteiger partial charge in [-0.15, -0.1) is 0 Å². The second kappa shape index (κ2) is 6.95. The average molecular weight is 400 g/mol. The van der Waals surface area contributed by atoms with Crippen molar-refractivity contribution < 1.29 is 32.6 Å². The first-order valence-corrected chi connectivity index (χ1v) is 9.03. The van der Waals surface area contributed by atoms with Crippen molar-refractivity contribution in [3.8, 4) is 0 Å². The zero-order chi connectivity index (χ0) is 20.9. The highest BCUT2D eigenvalue weighted by molar-refractivity contribution is 5.97. The maximum atomic E-state index is 12.9. The van der Waals surface area contributed by atoms with Gasteiger partial charge < -0.3 is 14.7 Å². The van der Waals surface area contributed by atoms with E-state index in [0.717, 1.165) is 12.1 Å².